The van der Waals surface area contributed by atoms with Gasteiger partial charge in [-0.05, 0) is 19.9 Å². The Bertz CT molecular complexity index is 756. The van der Waals surface area contributed by atoms with Crippen molar-refractivity contribution in [3.8, 4) is 0 Å². The average Bonchev–Trinajstić information content (AvgIpc) is 2.78. The lowest BCUT2D eigenvalue weighted by atomic mass is 10.0. The normalized spacial score (nSPS) is 26.0. The average molecular weight is 253 g/mol. The Morgan fingerprint density at radius 3 is 2.95 bits per heavy atom. The summed E-state index contributed by atoms with van der Waals surface area (Å²) >= 11 is 0. The first kappa shape index (κ1) is 11.1. The molecule has 3 nitrogen and oxygen atoms in total. The van der Waals surface area contributed by atoms with Crippen LogP contribution in [0.1, 0.15) is 20.3 Å². The number of hydrogen-bond donors (Lipinski definition) is 2. The summed E-state index contributed by atoms with van der Waals surface area (Å²) < 4.78 is 0. The molecule has 0 radical (unpaired) electrons. The molecule has 2 aliphatic rings. The van der Waals surface area contributed by atoms with E-state index in [-0.39, 0.29) is 0 Å². The van der Waals surface area contributed by atoms with Crippen LogP contribution in [0.15, 0.2) is 24.3 Å². The van der Waals surface area contributed by atoms with Gasteiger partial charge in [-0.15, -0.1) is 0 Å². The summed E-state index contributed by atoms with van der Waals surface area (Å²) in [4.78, 5) is 6.12. The molecule has 1 saturated heterocycles. The SMILES string of the molecule is CC1C=c2c([nH]c3ccccc23)=C2CCN[C@H](C)N21. The second kappa shape index (κ2) is 3.87. The number of aromatic nitrogens is 1. The molecule has 2 atom stereocenters. The third-order valence-electron chi connectivity index (χ3n) is 4.41. The molecular formula is C16H19N3. The van der Waals surface area contributed by atoms with Crippen molar-refractivity contribution in [2.75, 3.05) is 6.54 Å². The van der Waals surface area contributed by atoms with Crippen LogP contribution in [0.2, 0.25) is 0 Å². The van der Waals surface area contributed by atoms with E-state index in [4.69, 9.17) is 0 Å². The van der Waals surface area contributed by atoms with E-state index in [0.29, 0.717) is 12.2 Å². The fourth-order valence-electron chi connectivity index (χ4n) is 3.60. The van der Waals surface area contributed by atoms with Gasteiger partial charge in [-0.1, -0.05) is 24.3 Å². The lowest BCUT2D eigenvalue weighted by molar-refractivity contribution is 0.213. The molecule has 4 rings (SSSR count). The third-order valence-corrected chi connectivity index (χ3v) is 4.41. The Hall–Kier alpha value is -1.74. The highest BCUT2D eigenvalue weighted by Gasteiger charge is 2.28. The van der Waals surface area contributed by atoms with Crippen LogP contribution < -0.4 is 15.9 Å². The van der Waals surface area contributed by atoms with E-state index in [1.165, 1.54) is 27.2 Å². The Morgan fingerprint density at radius 1 is 1.21 bits per heavy atom. The number of aromatic amines is 1. The van der Waals surface area contributed by atoms with E-state index in [1.54, 1.807) is 0 Å². The highest BCUT2D eigenvalue weighted by atomic mass is 15.3. The lowest BCUT2D eigenvalue weighted by Gasteiger charge is -2.42. The first-order valence-corrected chi connectivity index (χ1v) is 7.09. The molecule has 0 aliphatic carbocycles. The minimum Gasteiger partial charge on any atom is -0.353 e. The molecule has 3 heteroatoms. The summed E-state index contributed by atoms with van der Waals surface area (Å²) in [6.07, 6.45) is 3.90. The minimum absolute atomic E-state index is 0.412. The largest absolute Gasteiger partial charge is 0.353 e. The van der Waals surface area contributed by atoms with Gasteiger partial charge in [0.05, 0.1) is 11.5 Å². The third kappa shape index (κ3) is 1.48. The van der Waals surface area contributed by atoms with Crippen LogP contribution in [-0.2, 0) is 0 Å². The van der Waals surface area contributed by atoms with E-state index in [9.17, 15) is 0 Å². The smallest absolute Gasteiger partial charge is 0.0771 e. The van der Waals surface area contributed by atoms with Gasteiger partial charge in [-0.2, -0.15) is 0 Å². The first-order chi connectivity index (χ1) is 9.25. The summed E-state index contributed by atoms with van der Waals surface area (Å²) in [7, 11) is 0. The van der Waals surface area contributed by atoms with Gasteiger partial charge >= 0.3 is 0 Å². The molecule has 1 unspecified atom stereocenters. The Morgan fingerprint density at radius 2 is 2.05 bits per heavy atom. The van der Waals surface area contributed by atoms with Gasteiger partial charge < -0.3 is 9.88 Å². The molecule has 0 saturated carbocycles. The molecule has 1 fully saturated rings. The zero-order chi connectivity index (χ0) is 13.0. The highest BCUT2D eigenvalue weighted by molar-refractivity contribution is 5.82. The van der Waals surface area contributed by atoms with Crippen molar-refractivity contribution in [1.82, 2.24) is 15.2 Å². The van der Waals surface area contributed by atoms with Gasteiger partial charge in [0, 0.05) is 40.8 Å². The lowest BCUT2D eigenvalue weighted by Crippen LogP contribution is -2.56. The molecule has 1 aromatic heterocycles. The molecule has 19 heavy (non-hydrogen) atoms. The second-order valence-electron chi connectivity index (χ2n) is 5.60. The van der Waals surface area contributed by atoms with E-state index in [2.05, 4.69) is 59.4 Å². The van der Waals surface area contributed by atoms with Crippen LogP contribution in [0.3, 0.4) is 0 Å². The number of hydrogen-bond acceptors (Lipinski definition) is 2. The van der Waals surface area contributed by atoms with Gasteiger partial charge in [0.2, 0.25) is 0 Å². The zero-order valence-corrected chi connectivity index (χ0v) is 11.4. The molecule has 2 aromatic rings. The quantitative estimate of drug-likeness (QED) is 0.736. The van der Waals surface area contributed by atoms with Crippen LogP contribution in [0.4, 0.5) is 0 Å². The topological polar surface area (TPSA) is 31.1 Å². The monoisotopic (exact) mass is 253 g/mol. The predicted molar refractivity (Wildman–Crippen MR) is 78.8 cm³/mol. The van der Waals surface area contributed by atoms with E-state index in [1.807, 2.05) is 0 Å². The number of benzene rings is 1. The Labute approximate surface area is 112 Å². The van der Waals surface area contributed by atoms with Gasteiger partial charge in [0.15, 0.2) is 0 Å². The van der Waals surface area contributed by atoms with Crippen LogP contribution in [0, 0.1) is 0 Å². The van der Waals surface area contributed by atoms with Crippen molar-refractivity contribution in [3.05, 3.63) is 34.8 Å². The van der Waals surface area contributed by atoms with E-state index >= 15 is 0 Å². The molecule has 98 valence electrons. The van der Waals surface area contributed by atoms with Crippen LogP contribution in [0.25, 0.3) is 22.7 Å². The van der Waals surface area contributed by atoms with Crippen molar-refractivity contribution in [1.29, 1.82) is 0 Å². The maximum absolute atomic E-state index is 3.62. The van der Waals surface area contributed by atoms with Crippen molar-refractivity contribution in [2.45, 2.75) is 32.5 Å². The van der Waals surface area contributed by atoms with Crippen LogP contribution in [-0.4, -0.2) is 28.6 Å². The molecule has 0 amide bonds. The Kier molecular flexibility index (Phi) is 2.27. The second-order valence-corrected chi connectivity index (χ2v) is 5.60. The fraction of sp³-hybridized carbons (Fsp3) is 0.375. The van der Waals surface area contributed by atoms with Crippen LogP contribution in [0.5, 0.6) is 0 Å². The number of fused-ring (bicyclic) bond motifs is 4. The number of H-pyrrole nitrogens is 1. The van der Waals surface area contributed by atoms with Crippen LogP contribution >= 0.6 is 0 Å². The summed E-state index contributed by atoms with van der Waals surface area (Å²) in [6.45, 7) is 5.60. The molecule has 0 bridgehead atoms. The highest BCUT2D eigenvalue weighted by Crippen LogP contribution is 2.22. The summed E-state index contributed by atoms with van der Waals surface area (Å²) in [6, 6.07) is 9.05. The molecule has 2 aliphatic heterocycles. The molecular weight excluding hydrogens is 234 g/mol. The van der Waals surface area contributed by atoms with Crippen molar-refractivity contribution in [2.24, 2.45) is 0 Å². The minimum atomic E-state index is 0.412. The molecule has 1 aromatic carbocycles. The number of nitrogens with zero attached hydrogens (tertiary/aromatic N) is 1. The summed E-state index contributed by atoms with van der Waals surface area (Å²) in [5.74, 6) is 0. The predicted octanol–water partition coefficient (Wildman–Crippen LogP) is 1.10. The number of para-hydroxylation sites is 1. The van der Waals surface area contributed by atoms with Gasteiger partial charge in [0.25, 0.3) is 0 Å². The van der Waals surface area contributed by atoms with Gasteiger partial charge in [-0.25, -0.2) is 0 Å². The van der Waals surface area contributed by atoms with E-state index in [0.717, 1.165) is 13.0 Å². The fourth-order valence-corrected chi connectivity index (χ4v) is 3.60. The zero-order valence-electron chi connectivity index (χ0n) is 11.4. The maximum Gasteiger partial charge on any atom is 0.0771 e. The number of rotatable bonds is 0. The van der Waals surface area contributed by atoms with Crippen molar-refractivity contribution < 1.29 is 0 Å². The van der Waals surface area contributed by atoms with Gasteiger partial charge in [-0.3, -0.25) is 5.32 Å². The standard InChI is InChI=1S/C16H19N3/c1-10-9-13-12-5-3-4-6-14(12)18-16(13)15-7-8-17-11(2)19(10)15/h3-6,9-11,17-18H,7-8H2,1-2H3/t10?,11-/m0/s1. The number of nitrogens with one attached hydrogen (secondary N) is 2. The Balaban J connectivity index is 2.11. The molecule has 0 spiro atoms. The van der Waals surface area contributed by atoms with Crippen molar-refractivity contribution in [3.63, 3.8) is 0 Å². The van der Waals surface area contributed by atoms with E-state index < -0.39 is 0 Å². The maximum atomic E-state index is 3.62. The molecule has 3 heterocycles. The first-order valence-electron chi connectivity index (χ1n) is 7.09. The van der Waals surface area contributed by atoms with Crippen molar-refractivity contribution >= 4 is 22.7 Å². The molecule has 2 N–H and O–H groups in total. The summed E-state index contributed by atoms with van der Waals surface area (Å²) in [5.41, 5.74) is 2.71. The summed E-state index contributed by atoms with van der Waals surface area (Å²) in [5, 5.41) is 7.62. The van der Waals surface area contributed by atoms with Gasteiger partial charge in [0.1, 0.15) is 0 Å².